The van der Waals surface area contributed by atoms with Crippen molar-refractivity contribution in [2.24, 2.45) is 5.73 Å². The Labute approximate surface area is 120 Å². The minimum absolute atomic E-state index is 0.00517. The van der Waals surface area contributed by atoms with Gasteiger partial charge in [0.15, 0.2) is 0 Å². The van der Waals surface area contributed by atoms with Crippen LogP contribution in [0.2, 0.25) is 0 Å². The zero-order chi connectivity index (χ0) is 14.6. The fourth-order valence-electron chi connectivity index (χ4n) is 2.97. The number of hydrogen-bond acceptors (Lipinski definition) is 3. The van der Waals surface area contributed by atoms with Crippen molar-refractivity contribution in [2.75, 3.05) is 13.7 Å². The summed E-state index contributed by atoms with van der Waals surface area (Å²) < 4.78 is 5.29. The Hall–Kier alpha value is -1.55. The third-order valence-electron chi connectivity index (χ3n) is 4.25. The summed E-state index contributed by atoms with van der Waals surface area (Å²) in [5, 5.41) is 3.04. The van der Waals surface area contributed by atoms with Gasteiger partial charge >= 0.3 is 0 Å². The van der Waals surface area contributed by atoms with Crippen molar-refractivity contribution in [1.82, 2.24) is 5.32 Å². The maximum atomic E-state index is 12.7. The predicted molar refractivity (Wildman–Crippen MR) is 79.8 cm³/mol. The van der Waals surface area contributed by atoms with Crippen LogP contribution in [0, 0.1) is 0 Å². The van der Waals surface area contributed by atoms with Gasteiger partial charge in [0.05, 0.1) is 12.5 Å². The maximum Gasteiger partial charge on any atom is 0.230 e. The Kier molecular flexibility index (Phi) is 4.65. The average molecular weight is 276 g/mol. The van der Waals surface area contributed by atoms with Gasteiger partial charge in [-0.3, -0.25) is 4.79 Å². The summed E-state index contributed by atoms with van der Waals surface area (Å²) in [6.45, 7) is 2.39. The van der Waals surface area contributed by atoms with Crippen molar-refractivity contribution in [3.8, 4) is 5.75 Å². The highest BCUT2D eigenvalue weighted by Crippen LogP contribution is 2.42. The summed E-state index contributed by atoms with van der Waals surface area (Å²) in [6.07, 6.45) is 3.95. The standard InChI is InChI=1S/C16H24N2O2/c1-12(11-17)18-15(19)16(8-3-4-9-16)13-6-5-7-14(10-13)20-2/h5-7,10,12H,3-4,8-9,11,17H2,1-2H3,(H,18,19)/t12-/m0/s1. The molecule has 0 bridgehead atoms. The number of methoxy groups -OCH3 is 1. The molecule has 0 unspecified atom stereocenters. The molecule has 1 aromatic rings. The molecule has 4 heteroatoms. The number of ether oxygens (including phenoxy) is 1. The Bertz CT molecular complexity index is 467. The zero-order valence-corrected chi connectivity index (χ0v) is 12.3. The summed E-state index contributed by atoms with van der Waals surface area (Å²) in [5.74, 6) is 0.898. The van der Waals surface area contributed by atoms with Crippen LogP contribution in [0.4, 0.5) is 0 Å². The maximum absolute atomic E-state index is 12.7. The van der Waals surface area contributed by atoms with Crippen LogP contribution in [0.5, 0.6) is 5.75 Å². The fourth-order valence-corrected chi connectivity index (χ4v) is 2.97. The summed E-state index contributed by atoms with van der Waals surface area (Å²) >= 11 is 0. The van der Waals surface area contributed by atoms with E-state index >= 15 is 0 Å². The van der Waals surface area contributed by atoms with Crippen LogP contribution in [-0.4, -0.2) is 25.6 Å². The summed E-state index contributed by atoms with van der Waals surface area (Å²) in [6, 6.07) is 7.88. The van der Waals surface area contributed by atoms with Gasteiger partial charge in [0.1, 0.15) is 5.75 Å². The van der Waals surface area contributed by atoms with Gasteiger partial charge in [0.2, 0.25) is 5.91 Å². The average Bonchev–Trinajstić information content (AvgIpc) is 2.98. The summed E-state index contributed by atoms with van der Waals surface area (Å²) in [7, 11) is 1.65. The van der Waals surface area contributed by atoms with E-state index in [9.17, 15) is 4.79 Å². The van der Waals surface area contributed by atoms with Gasteiger partial charge in [0.25, 0.3) is 0 Å². The molecule has 4 nitrogen and oxygen atoms in total. The molecule has 1 saturated carbocycles. The fraction of sp³-hybridized carbons (Fsp3) is 0.562. The van der Waals surface area contributed by atoms with Gasteiger partial charge in [-0.25, -0.2) is 0 Å². The lowest BCUT2D eigenvalue weighted by Gasteiger charge is -2.30. The normalized spacial score (nSPS) is 18.6. The van der Waals surface area contributed by atoms with Crippen molar-refractivity contribution in [2.45, 2.75) is 44.1 Å². The van der Waals surface area contributed by atoms with Gasteiger partial charge in [-0.1, -0.05) is 25.0 Å². The second-order valence-electron chi connectivity index (χ2n) is 5.63. The van der Waals surface area contributed by atoms with E-state index in [0.29, 0.717) is 6.54 Å². The number of nitrogens with one attached hydrogen (secondary N) is 1. The second kappa shape index (κ2) is 6.27. The van der Waals surface area contributed by atoms with E-state index < -0.39 is 5.41 Å². The second-order valence-corrected chi connectivity index (χ2v) is 5.63. The van der Waals surface area contributed by atoms with Crippen molar-refractivity contribution >= 4 is 5.91 Å². The molecule has 2 rings (SSSR count). The van der Waals surface area contributed by atoms with E-state index in [0.717, 1.165) is 37.0 Å². The third kappa shape index (κ3) is 2.80. The predicted octanol–water partition coefficient (Wildman–Crippen LogP) is 1.97. The van der Waals surface area contributed by atoms with Crippen LogP contribution in [0.1, 0.15) is 38.2 Å². The summed E-state index contributed by atoms with van der Waals surface area (Å²) in [5.41, 5.74) is 6.24. The van der Waals surface area contributed by atoms with Crippen LogP contribution >= 0.6 is 0 Å². The molecule has 1 aliphatic rings. The van der Waals surface area contributed by atoms with Gasteiger partial charge in [0, 0.05) is 12.6 Å². The van der Waals surface area contributed by atoms with E-state index in [-0.39, 0.29) is 11.9 Å². The molecular formula is C16H24N2O2. The Morgan fingerprint density at radius 3 is 2.75 bits per heavy atom. The van der Waals surface area contributed by atoms with Crippen LogP contribution < -0.4 is 15.8 Å². The van der Waals surface area contributed by atoms with Gasteiger partial charge in [-0.2, -0.15) is 0 Å². The van der Waals surface area contributed by atoms with E-state index in [4.69, 9.17) is 10.5 Å². The molecule has 1 fully saturated rings. The van der Waals surface area contributed by atoms with E-state index in [2.05, 4.69) is 5.32 Å². The molecule has 1 amide bonds. The van der Waals surface area contributed by atoms with Crippen LogP contribution in [-0.2, 0) is 10.2 Å². The lowest BCUT2D eigenvalue weighted by atomic mass is 9.77. The van der Waals surface area contributed by atoms with E-state index in [1.54, 1.807) is 7.11 Å². The molecule has 1 atom stereocenters. The number of amides is 1. The van der Waals surface area contributed by atoms with Crippen molar-refractivity contribution in [3.63, 3.8) is 0 Å². The van der Waals surface area contributed by atoms with Crippen LogP contribution in [0.15, 0.2) is 24.3 Å². The molecular weight excluding hydrogens is 252 g/mol. The highest BCUT2D eigenvalue weighted by molar-refractivity contribution is 5.89. The van der Waals surface area contributed by atoms with Crippen molar-refractivity contribution in [1.29, 1.82) is 0 Å². The van der Waals surface area contributed by atoms with Crippen LogP contribution in [0.3, 0.4) is 0 Å². The number of benzene rings is 1. The highest BCUT2D eigenvalue weighted by atomic mass is 16.5. The molecule has 0 saturated heterocycles. The number of carbonyl (C=O) groups is 1. The molecule has 110 valence electrons. The lowest BCUT2D eigenvalue weighted by Crippen LogP contribution is -2.48. The minimum Gasteiger partial charge on any atom is -0.497 e. The highest BCUT2D eigenvalue weighted by Gasteiger charge is 2.43. The van der Waals surface area contributed by atoms with Gasteiger partial charge < -0.3 is 15.8 Å². The molecule has 0 heterocycles. The Morgan fingerprint density at radius 1 is 1.45 bits per heavy atom. The SMILES string of the molecule is COc1cccc(C2(C(=O)N[C@@H](C)CN)CCCC2)c1. The molecule has 1 aromatic carbocycles. The molecule has 20 heavy (non-hydrogen) atoms. The molecule has 0 radical (unpaired) electrons. The Balaban J connectivity index is 2.31. The molecule has 3 N–H and O–H groups in total. The number of rotatable bonds is 5. The number of hydrogen-bond donors (Lipinski definition) is 2. The van der Waals surface area contributed by atoms with E-state index in [1.165, 1.54) is 0 Å². The molecule has 0 aromatic heterocycles. The minimum atomic E-state index is -0.419. The zero-order valence-electron chi connectivity index (χ0n) is 12.3. The monoisotopic (exact) mass is 276 g/mol. The summed E-state index contributed by atoms with van der Waals surface area (Å²) in [4.78, 5) is 12.7. The van der Waals surface area contributed by atoms with Crippen molar-refractivity contribution < 1.29 is 9.53 Å². The van der Waals surface area contributed by atoms with Gasteiger partial charge in [-0.15, -0.1) is 0 Å². The third-order valence-corrected chi connectivity index (χ3v) is 4.25. The molecule has 0 aliphatic heterocycles. The lowest BCUT2D eigenvalue weighted by molar-refractivity contribution is -0.127. The molecule has 1 aliphatic carbocycles. The Morgan fingerprint density at radius 2 is 2.15 bits per heavy atom. The van der Waals surface area contributed by atoms with Crippen molar-refractivity contribution in [3.05, 3.63) is 29.8 Å². The van der Waals surface area contributed by atoms with E-state index in [1.807, 2.05) is 31.2 Å². The smallest absolute Gasteiger partial charge is 0.230 e. The number of carbonyl (C=O) groups excluding carboxylic acids is 1. The first kappa shape index (κ1) is 14.9. The molecule has 0 spiro atoms. The first-order chi connectivity index (χ1) is 9.62. The topological polar surface area (TPSA) is 64.3 Å². The van der Waals surface area contributed by atoms with Crippen LogP contribution in [0.25, 0.3) is 0 Å². The first-order valence-corrected chi connectivity index (χ1v) is 7.28. The van der Waals surface area contributed by atoms with Gasteiger partial charge in [-0.05, 0) is 37.5 Å². The largest absolute Gasteiger partial charge is 0.497 e. The number of nitrogens with two attached hydrogens (primary N) is 1. The first-order valence-electron chi connectivity index (χ1n) is 7.28. The quantitative estimate of drug-likeness (QED) is 0.864.